The number of ether oxygens (including phenoxy) is 1. The van der Waals surface area contributed by atoms with E-state index in [1.807, 2.05) is 30.3 Å². The molecule has 102 valence electrons. The van der Waals surface area contributed by atoms with Crippen molar-refractivity contribution in [2.75, 3.05) is 0 Å². The highest BCUT2D eigenvalue weighted by Gasteiger charge is 2.27. The first-order valence-corrected chi connectivity index (χ1v) is 6.12. The fourth-order valence-corrected chi connectivity index (χ4v) is 2.03. The zero-order chi connectivity index (χ0) is 13.7. The Labute approximate surface area is 110 Å². The van der Waals surface area contributed by atoms with E-state index in [1.165, 1.54) is 6.08 Å². The fourth-order valence-electron chi connectivity index (χ4n) is 2.03. The monoisotopic (exact) mass is 267 g/mol. The molecule has 1 amide bonds. The van der Waals surface area contributed by atoms with Crippen molar-refractivity contribution in [2.45, 2.75) is 31.9 Å². The maximum atomic E-state index is 12.6. The van der Waals surface area contributed by atoms with E-state index < -0.39 is 18.6 Å². The van der Waals surface area contributed by atoms with Gasteiger partial charge < -0.3 is 10.1 Å². The summed E-state index contributed by atoms with van der Waals surface area (Å²) in [6, 6.07) is 8.59. The summed E-state index contributed by atoms with van der Waals surface area (Å²) in [5.74, 6) is 0. The molecule has 5 heteroatoms. The van der Waals surface area contributed by atoms with E-state index >= 15 is 0 Å². The van der Waals surface area contributed by atoms with E-state index in [1.54, 1.807) is 0 Å². The van der Waals surface area contributed by atoms with Crippen LogP contribution >= 0.6 is 0 Å². The lowest BCUT2D eigenvalue weighted by atomic mass is 10.1. The lowest BCUT2D eigenvalue weighted by molar-refractivity contribution is 0.133. The van der Waals surface area contributed by atoms with Crippen molar-refractivity contribution in [3.05, 3.63) is 47.5 Å². The van der Waals surface area contributed by atoms with Crippen LogP contribution in [0.4, 0.5) is 13.6 Å². The van der Waals surface area contributed by atoms with E-state index in [2.05, 4.69) is 5.32 Å². The average molecular weight is 267 g/mol. The molecule has 1 aliphatic rings. The Hall–Kier alpha value is -1.91. The van der Waals surface area contributed by atoms with Crippen molar-refractivity contribution in [1.29, 1.82) is 0 Å². The molecule has 1 aromatic carbocycles. The number of nitrogens with one attached hydrogen (secondary N) is 1. The molecule has 19 heavy (non-hydrogen) atoms. The van der Waals surface area contributed by atoms with Crippen LogP contribution in [0.2, 0.25) is 0 Å². The molecule has 0 spiro atoms. The van der Waals surface area contributed by atoms with Gasteiger partial charge in [-0.3, -0.25) is 0 Å². The second kappa shape index (κ2) is 6.31. The van der Waals surface area contributed by atoms with Crippen LogP contribution in [0.5, 0.6) is 0 Å². The van der Waals surface area contributed by atoms with Crippen LogP contribution in [0, 0.1) is 0 Å². The second-order valence-corrected chi connectivity index (χ2v) is 4.34. The smallest absolute Gasteiger partial charge is 0.407 e. The molecule has 1 aliphatic carbocycles. The maximum Gasteiger partial charge on any atom is 0.407 e. The standard InChI is InChI=1S/C14H15F2NO2/c15-13(16)11-7-4-8-12(11)17-14(18)19-9-10-5-2-1-3-6-10/h1-3,5-7,12-13H,4,8-9H2,(H,17,18). The van der Waals surface area contributed by atoms with Crippen LogP contribution in [-0.4, -0.2) is 18.6 Å². The van der Waals surface area contributed by atoms with Crippen LogP contribution in [0.15, 0.2) is 42.0 Å². The molecule has 0 heterocycles. The minimum atomic E-state index is -2.53. The molecule has 0 radical (unpaired) electrons. The molecule has 1 aromatic rings. The lowest BCUT2D eigenvalue weighted by Crippen LogP contribution is -2.36. The van der Waals surface area contributed by atoms with E-state index in [9.17, 15) is 13.6 Å². The third-order valence-corrected chi connectivity index (χ3v) is 2.99. The number of alkyl halides is 2. The predicted molar refractivity (Wildman–Crippen MR) is 66.9 cm³/mol. The summed E-state index contributed by atoms with van der Waals surface area (Å²) in [4.78, 5) is 11.5. The molecular formula is C14H15F2NO2. The molecule has 0 aliphatic heterocycles. The highest BCUT2D eigenvalue weighted by molar-refractivity contribution is 5.68. The third kappa shape index (κ3) is 3.77. The summed E-state index contributed by atoms with van der Waals surface area (Å²) in [5.41, 5.74) is 0.838. The highest BCUT2D eigenvalue weighted by atomic mass is 19.3. The third-order valence-electron chi connectivity index (χ3n) is 2.99. The largest absolute Gasteiger partial charge is 0.445 e. The van der Waals surface area contributed by atoms with Gasteiger partial charge in [-0.2, -0.15) is 0 Å². The Kier molecular flexibility index (Phi) is 4.49. The number of carbonyl (C=O) groups excluding carboxylic acids is 1. The maximum absolute atomic E-state index is 12.6. The number of hydrogen-bond donors (Lipinski definition) is 1. The number of rotatable bonds is 4. The van der Waals surface area contributed by atoms with Gasteiger partial charge in [-0.25, -0.2) is 13.6 Å². The average Bonchev–Trinajstić information content (AvgIpc) is 2.86. The number of allylic oxidation sites excluding steroid dienone is 1. The summed E-state index contributed by atoms with van der Waals surface area (Å²) >= 11 is 0. The quantitative estimate of drug-likeness (QED) is 0.850. The van der Waals surface area contributed by atoms with Gasteiger partial charge in [0.15, 0.2) is 0 Å². The van der Waals surface area contributed by atoms with Crippen molar-refractivity contribution in [3.8, 4) is 0 Å². The van der Waals surface area contributed by atoms with Gasteiger partial charge in [0.1, 0.15) is 6.61 Å². The van der Waals surface area contributed by atoms with Gasteiger partial charge in [0.2, 0.25) is 0 Å². The Balaban J connectivity index is 1.80. The molecule has 1 unspecified atom stereocenters. The minimum Gasteiger partial charge on any atom is -0.445 e. The highest BCUT2D eigenvalue weighted by Crippen LogP contribution is 2.24. The molecular weight excluding hydrogens is 252 g/mol. The van der Waals surface area contributed by atoms with Crippen molar-refractivity contribution in [1.82, 2.24) is 5.32 Å². The van der Waals surface area contributed by atoms with Crippen molar-refractivity contribution >= 4 is 6.09 Å². The van der Waals surface area contributed by atoms with E-state index in [-0.39, 0.29) is 12.2 Å². The van der Waals surface area contributed by atoms with E-state index in [0.717, 1.165) is 5.56 Å². The molecule has 1 atom stereocenters. The molecule has 0 saturated carbocycles. The zero-order valence-electron chi connectivity index (χ0n) is 10.3. The Morgan fingerprint density at radius 3 is 2.79 bits per heavy atom. The van der Waals surface area contributed by atoms with Crippen LogP contribution < -0.4 is 5.32 Å². The summed E-state index contributed by atoms with van der Waals surface area (Å²) in [6.45, 7) is 0.132. The van der Waals surface area contributed by atoms with Gasteiger partial charge in [0.05, 0.1) is 6.04 Å². The van der Waals surface area contributed by atoms with E-state index in [4.69, 9.17) is 4.74 Å². The van der Waals surface area contributed by atoms with Crippen LogP contribution in [0.3, 0.4) is 0 Å². The van der Waals surface area contributed by atoms with Crippen LogP contribution in [0.25, 0.3) is 0 Å². The van der Waals surface area contributed by atoms with Crippen molar-refractivity contribution < 1.29 is 18.3 Å². The summed E-state index contributed by atoms with van der Waals surface area (Å²) in [6.07, 6.45) is -0.653. The topological polar surface area (TPSA) is 38.3 Å². The van der Waals surface area contributed by atoms with Crippen molar-refractivity contribution in [2.24, 2.45) is 0 Å². The summed E-state index contributed by atoms with van der Waals surface area (Å²) in [7, 11) is 0. The van der Waals surface area contributed by atoms with Crippen LogP contribution in [0.1, 0.15) is 18.4 Å². The van der Waals surface area contributed by atoms with Crippen LogP contribution in [-0.2, 0) is 11.3 Å². The number of alkyl carbamates (subject to hydrolysis) is 1. The molecule has 1 N–H and O–H groups in total. The molecule has 3 nitrogen and oxygen atoms in total. The van der Waals surface area contributed by atoms with Gasteiger partial charge in [-0.05, 0) is 18.4 Å². The predicted octanol–water partition coefficient (Wildman–Crippen LogP) is 3.27. The first-order chi connectivity index (χ1) is 9.16. The number of halogens is 2. The van der Waals surface area contributed by atoms with Crippen molar-refractivity contribution in [3.63, 3.8) is 0 Å². The van der Waals surface area contributed by atoms with Gasteiger partial charge in [0, 0.05) is 5.57 Å². The molecule has 0 fully saturated rings. The number of carbonyl (C=O) groups is 1. The Morgan fingerprint density at radius 2 is 2.11 bits per heavy atom. The molecule has 0 saturated heterocycles. The van der Waals surface area contributed by atoms with E-state index in [0.29, 0.717) is 12.8 Å². The molecule has 2 rings (SSSR count). The van der Waals surface area contributed by atoms with Gasteiger partial charge in [0.25, 0.3) is 6.43 Å². The number of benzene rings is 1. The number of hydrogen-bond acceptors (Lipinski definition) is 2. The Bertz CT molecular complexity index is 460. The fraction of sp³-hybridized carbons (Fsp3) is 0.357. The number of amides is 1. The zero-order valence-corrected chi connectivity index (χ0v) is 10.3. The van der Waals surface area contributed by atoms with Gasteiger partial charge in [-0.1, -0.05) is 36.4 Å². The molecule has 0 bridgehead atoms. The molecule has 0 aromatic heterocycles. The summed E-state index contributed by atoms with van der Waals surface area (Å²) in [5, 5.41) is 2.47. The first kappa shape index (κ1) is 13.5. The first-order valence-electron chi connectivity index (χ1n) is 6.12. The SMILES string of the molecule is O=C(NC1CCC=C1C(F)F)OCc1ccccc1. The minimum absolute atomic E-state index is 0.0170. The second-order valence-electron chi connectivity index (χ2n) is 4.34. The normalized spacial score (nSPS) is 18.3. The lowest BCUT2D eigenvalue weighted by Gasteiger charge is -2.16. The Morgan fingerprint density at radius 1 is 1.37 bits per heavy atom. The van der Waals surface area contributed by atoms with Gasteiger partial charge >= 0.3 is 6.09 Å². The van der Waals surface area contributed by atoms with Gasteiger partial charge in [-0.15, -0.1) is 0 Å². The summed E-state index contributed by atoms with van der Waals surface area (Å²) < 4.78 is 30.3.